The molecule has 0 unspecified atom stereocenters. The number of urea groups is 1. The van der Waals surface area contributed by atoms with Gasteiger partial charge in [0.15, 0.2) is 6.54 Å². The minimum atomic E-state index is -0.800. The average molecular weight is 400 g/mol. The minimum absolute atomic E-state index is 0.266. The van der Waals surface area contributed by atoms with Crippen molar-refractivity contribution in [3.05, 3.63) is 35.9 Å². The summed E-state index contributed by atoms with van der Waals surface area (Å²) in [4.78, 5) is 38.7. The summed E-state index contributed by atoms with van der Waals surface area (Å²) in [6, 6.07) is 10.0. The third-order valence-electron chi connectivity index (χ3n) is 6.70. The molecule has 29 heavy (non-hydrogen) atoms. The molecule has 156 valence electrons. The Morgan fingerprint density at radius 2 is 1.79 bits per heavy atom. The summed E-state index contributed by atoms with van der Waals surface area (Å²) in [7, 11) is 0. The van der Waals surface area contributed by atoms with Gasteiger partial charge in [-0.25, -0.2) is 4.79 Å². The van der Waals surface area contributed by atoms with Crippen LogP contribution in [0.4, 0.5) is 4.79 Å². The first-order valence-corrected chi connectivity index (χ1v) is 10.9. The molecule has 0 aromatic heterocycles. The predicted octanol–water partition coefficient (Wildman–Crippen LogP) is 0.810. The summed E-state index contributed by atoms with van der Waals surface area (Å²) >= 11 is 0. The molecule has 4 rings (SSSR count). The van der Waals surface area contributed by atoms with Crippen molar-refractivity contribution in [3.8, 4) is 0 Å². The van der Waals surface area contributed by atoms with Gasteiger partial charge in [0.25, 0.3) is 11.8 Å². The summed E-state index contributed by atoms with van der Waals surface area (Å²) < 4.78 is 0. The fourth-order valence-corrected chi connectivity index (χ4v) is 5.02. The number of benzene rings is 1. The maximum Gasteiger partial charge on any atom is 0.344 e. The molecule has 3 aliphatic rings. The van der Waals surface area contributed by atoms with E-state index < -0.39 is 11.6 Å². The molecular formula is C22H31N4O3+. The molecular weight excluding hydrogens is 368 g/mol. The van der Waals surface area contributed by atoms with Crippen molar-refractivity contribution >= 4 is 17.8 Å². The first-order valence-electron chi connectivity index (χ1n) is 10.9. The van der Waals surface area contributed by atoms with Crippen molar-refractivity contribution < 1.29 is 19.3 Å². The number of rotatable bonds is 5. The Bertz CT molecular complexity index is 753. The SMILES string of the molecule is O=C(C[NH+]1CCC(Cc2ccccc2)CC1)NN1C(=O)NC2(CCCCC2)C1=O. The van der Waals surface area contributed by atoms with Gasteiger partial charge in [0.05, 0.1) is 13.1 Å². The molecule has 2 aliphatic heterocycles. The highest BCUT2D eigenvalue weighted by Crippen LogP contribution is 2.32. The number of nitrogens with one attached hydrogen (secondary N) is 3. The topological polar surface area (TPSA) is 82.9 Å². The quantitative estimate of drug-likeness (QED) is 0.641. The number of hydrogen-bond acceptors (Lipinski definition) is 3. The minimum Gasteiger partial charge on any atom is -0.327 e. The van der Waals surface area contributed by atoms with Crippen LogP contribution in [0.3, 0.4) is 0 Å². The zero-order valence-corrected chi connectivity index (χ0v) is 16.9. The molecule has 0 radical (unpaired) electrons. The second kappa shape index (κ2) is 8.53. The summed E-state index contributed by atoms with van der Waals surface area (Å²) in [5.74, 6) is 0.0892. The zero-order chi connectivity index (χ0) is 20.3. The first-order chi connectivity index (χ1) is 14.1. The number of carbonyl (C=O) groups is 3. The van der Waals surface area contributed by atoms with Gasteiger partial charge in [-0.15, -0.1) is 0 Å². The van der Waals surface area contributed by atoms with Gasteiger partial charge in [-0.2, -0.15) is 5.01 Å². The highest BCUT2D eigenvalue weighted by molar-refractivity contribution is 6.08. The molecule has 3 N–H and O–H groups in total. The third-order valence-corrected chi connectivity index (χ3v) is 6.70. The maximum absolute atomic E-state index is 12.8. The van der Waals surface area contributed by atoms with E-state index >= 15 is 0 Å². The van der Waals surface area contributed by atoms with Crippen LogP contribution in [0.2, 0.25) is 0 Å². The largest absolute Gasteiger partial charge is 0.344 e. The van der Waals surface area contributed by atoms with E-state index in [1.807, 2.05) is 6.07 Å². The van der Waals surface area contributed by atoms with Crippen LogP contribution in [-0.4, -0.2) is 48.0 Å². The van der Waals surface area contributed by atoms with Crippen LogP contribution < -0.4 is 15.6 Å². The smallest absolute Gasteiger partial charge is 0.327 e. The molecule has 1 aliphatic carbocycles. The molecule has 1 aromatic rings. The van der Waals surface area contributed by atoms with Gasteiger partial charge >= 0.3 is 6.03 Å². The van der Waals surface area contributed by atoms with E-state index in [1.54, 1.807) is 0 Å². The molecule has 7 nitrogen and oxygen atoms in total. The maximum atomic E-state index is 12.8. The lowest BCUT2D eigenvalue weighted by Crippen LogP contribution is -3.14. The molecule has 1 saturated carbocycles. The molecule has 4 amide bonds. The Morgan fingerprint density at radius 1 is 1.10 bits per heavy atom. The number of amides is 4. The number of hydrogen-bond donors (Lipinski definition) is 3. The molecule has 0 bridgehead atoms. The van der Waals surface area contributed by atoms with Crippen LogP contribution in [0.15, 0.2) is 30.3 Å². The number of piperidine rings is 1. The van der Waals surface area contributed by atoms with Crippen molar-refractivity contribution in [1.82, 2.24) is 15.8 Å². The van der Waals surface area contributed by atoms with Crippen molar-refractivity contribution in [1.29, 1.82) is 0 Å². The van der Waals surface area contributed by atoms with Gasteiger partial charge in [-0.1, -0.05) is 49.6 Å². The average Bonchev–Trinajstić information content (AvgIpc) is 2.95. The van der Waals surface area contributed by atoms with E-state index in [1.165, 1.54) is 10.5 Å². The Balaban J connectivity index is 1.24. The van der Waals surface area contributed by atoms with Crippen LogP contribution in [0.5, 0.6) is 0 Å². The van der Waals surface area contributed by atoms with E-state index in [-0.39, 0.29) is 11.8 Å². The lowest BCUT2D eigenvalue weighted by Gasteiger charge is -2.30. The second-order valence-electron chi connectivity index (χ2n) is 8.81. The van der Waals surface area contributed by atoms with Gasteiger partial charge in [0.2, 0.25) is 0 Å². The summed E-state index contributed by atoms with van der Waals surface area (Å²) in [6.07, 6.45) is 7.51. The van der Waals surface area contributed by atoms with Gasteiger partial charge in [0, 0.05) is 0 Å². The highest BCUT2D eigenvalue weighted by Gasteiger charge is 2.52. The summed E-state index contributed by atoms with van der Waals surface area (Å²) in [5.41, 5.74) is 3.13. The fraction of sp³-hybridized carbons (Fsp3) is 0.591. The number of nitrogens with zero attached hydrogens (tertiary/aromatic N) is 1. The number of hydrazine groups is 1. The molecule has 1 aromatic carbocycles. The van der Waals surface area contributed by atoms with Gasteiger partial charge in [-0.05, 0) is 43.6 Å². The van der Waals surface area contributed by atoms with Gasteiger partial charge in [0.1, 0.15) is 5.54 Å². The van der Waals surface area contributed by atoms with Crippen LogP contribution in [-0.2, 0) is 16.0 Å². The van der Waals surface area contributed by atoms with E-state index in [2.05, 4.69) is 35.0 Å². The Morgan fingerprint density at radius 3 is 2.48 bits per heavy atom. The number of quaternary nitrogens is 1. The lowest BCUT2D eigenvalue weighted by molar-refractivity contribution is -0.898. The lowest BCUT2D eigenvalue weighted by atomic mass is 9.82. The molecule has 3 fully saturated rings. The van der Waals surface area contributed by atoms with Crippen molar-refractivity contribution in [3.63, 3.8) is 0 Å². The van der Waals surface area contributed by atoms with E-state index in [4.69, 9.17) is 0 Å². The Kier molecular flexibility index (Phi) is 5.85. The van der Waals surface area contributed by atoms with E-state index in [9.17, 15) is 14.4 Å². The summed E-state index contributed by atoms with van der Waals surface area (Å²) in [6.45, 7) is 2.17. The number of likely N-dealkylation sites (tertiary alicyclic amines) is 1. The van der Waals surface area contributed by atoms with Crippen molar-refractivity contribution in [2.45, 2.75) is 56.9 Å². The van der Waals surface area contributed by atoms with Gasteiger partial charge < -0.3 is 10.2 Å². The molecule has 1 spiro atoms. The third kappa shape index (κ3) is 4.45. The first kappa shape index (κ1) is 19.9. The monoisotopic (exact) mass is 399 g/mol. The Hall–Kier alpha value is -2.41. The van der Waals surface area contributed by atoms with Crippen LogP contribution in [0.25, 0.3) is 0 Å². The normalized spacial score (nSPS) is 26.4. The van der Waals surface area contributed by atoms with E-state index in [0.717, 1.165) is 56.6 Å². The van der Waals surface area contributed by atoms with Crippen LogP contribution >= 0.6 is 0 Å². The Labute approximate surface area is 171 Å². The van der Waals surface area contributed by atoms with Crippen molar-refractivity contribution in [2.75, 3.05) is 19.6 Å². The number of carbonyl (C=O) groups excluding carboxylic acids is 3. The summed E-state index contributed by atoms with van der Waals surface area (Å²) in [5, 5.41) is 3.73. The fourth-order valence-electron chi connectivity index (χ4n) is 5.02. The molecule has 7 heteroatoms. The van der Waals surface area contributed by atoms with E-state index in [0.29, 0.717) is 25.3 Å². The van der Waals surface area contributed by atoms with Crippen molar-refractivity contribution in [2.24, 2.45) is 5.92 Å². The molecule has 2 saturated heterocycles. The van der Waals surface area contributed by atoms with Crippen LogP contribution in [0.1, 0.15) is 50.5 Å². The van der Waals surface area contributed by atoms with Gasteiger partial charge in [-0.3, -0.25) is 15.0 Å². The highest BCUT2D eigenvalue weighted by atomic mass is 16.2. The predicted molar refractivity (Wildman–Crippen MR) is 108 cm³/mol. The zero-order valence-electron chi connectivity index (χ0n) is 16.9. The second-order valence-corrected chi connectivity index (χ2v) is 8.81. The standard InChI is InChI=1S/C22H30N4O3/c27-19(24-26-20(28)22(23-21(26)29)11-5-2-6-12-22)16-25-13-9-18(10-14-25)15-17-7-3-1-4-8-17/h1,3-4,7-8,18H,2,5-6,9-16H2,(H,23,29)(H,24,27)/p+1. The van der Waals surface area contributed by atoms with Crippen LogP contribution in [0, 0.1) is 5.92 Å². The molecule has 2 heterocycles. The number of imide groups is 1. The molecule has 0 atom stereocenters.